The molecule has 0 bridgehead atoms. The quantitative estimate of drug-likeness (QED) is 0.294. The number of esters is 1. The van der Waals surface area contributed by atoms with E-state index < -0.39 is 5.97 Å². The van der Waals surface area contributed by atoms with E-state index >= 15 is 0 Å². The van der Waals surface area contributed by atoms with Crippen LogP contribution in [0.4, 0.5) is 0 Å². The van der Waals surface area contributed by atoms with Gasteiger partial charge in [0.25, 0.3) is 0 Å². The molecule has 1 aromatic carbocycles. The SMILES string of the molecule is CCOC(=O)c1sc(-c2ccc3c(c2)c(C=NO)cn3C(C)C)nc1OC. The molecule has 7 nitrogen and oxygen atoms in total. The van der Waals surface area contributed by atoms with Crippen molar-refractivity contribution in [2.75, 3.05) is 13.7 Å². The normalized spacial score (nSPS) is 11.6. The van der Waals surface area contributed by atoms with Crippen LogP contribution in [-0.4, -0.2) is 40.7 Å². The first kappa shape index (κ1) is 18.9. The summed E-state index contributed by atoms with van der Waals surface area (Å²) < 4.78 is 12.4. The number of methoxy groups -OCH3 is 1. The number of rotatable bonds is 6. The Kier molecular flexibility index (Phi) is 5.46. The number of thiazole rings is 1. The van der Waals surface area contributed by atoms with Crippen LogP contribution >= 0.6 is 11.3 Å². The summed E-state index contributed by atoms with van der Waals surface area (Å²) in [6.45, 7) is 6.21. The first-order valence-electron chi connectivity index (χ1n) is 8.54. The number of nitrogens with zero attached hydrogens (tertiary/aromatic N) is 3. The molecule has 0 amide bonds. The van der Waals surface area contributed by atoms with E-state index in [4.69, 9.17) is 14.7 Å². The lowest BCUT2D eigenvalue weighted by molar-refractivity contribution is 0.0528. The summed E-state index contributed by atoms with van der Waals surface area (Å²) >= 11 is 1.23. The molecule has 0 atom stereocenters. The summed E-state index contributed by atoms with van der Waals surface area (Å²) in [6.07, 6.45) is 3.36. The van der Waals surface area contributed by atoms with E-state index in [0.717, 1.165) is 22.0 Å². The van der Waals surface area contributed by atoms with Gasteiger partial charge < -0.3 is 19.2 Å². The van der Waals surface area contributed by atoms with Gasteiger partial charge in [0.1, 0.15) is 5.01 Å². The van der Waals surface area contributed by atoms with Gasteiger partial charge in [-0.05, 0) is 39.0 Å². The van der Waals surface area contributed by atoms with E-state index in [0.29, 0.717) is 9.88 Å². The Bertz CT molecular complexity index is 1000. The van der Waals surface area contributed by atoms with Crippen molar-refractivity contribution in [2.24, 2.45) is 5.16 Å². The Labute approximate surface area is 160 Å². The molecule has 0 spiro atoms. The average molecular weight is 387 g/mol. The van der Waals surface area contributed by atoms with Gasteiger partial charge in [0.05, 0.1) is 19.9 Å². The van der Waals surface area contributed by atoms with Crippen molar-refractivity contribution in [1.29, 1.82) is 0 Å². The Morgan fingerprint density at radius 3 is 2.85 bits per heavy atom. The van der Waals surface area contributed by atoms with Crippen molar-refractivity contribution in [3.63, 3.8) is 0 Å². The third-order valence-electron chi connectivity index (χ3n) is 4.11. The lowest BCUT2D eigenvalue weighted by Gasteiger charge is -2.09. The first-order valence-corrected chi connectivity index (χ1v) is 9.36. The third kappa shape index (κ3) is 3.52. The largest absolute Gasteiger partial charge is 0.480 e. The van der Waals surface area contributed by atoms with Crippen LogP contribution in [-0.2, 0) is 4.74 Å². The second-order valence-electron chi connectivity index (χ2n) is 6.14. The molecule has 3 aromatic rings. The summed E-state index contributed by atoms with van der Waals surface area (Å²) in [7, 11) is 1.48. The van der Waals surface area contributed by atoms with Crippen LogP contribution < -0.4 is 4.74 Å². The molecule has 1 N–H and O–H groups in total. The van der Waals surface area contributed by atoms with Crippen molar-refractivity contribution >= 4 is 34.4 Å². The summed E-state index contributed by atoms with van der Waals surface area (Å²) in [5, 5.41) is 13.7. The van der Waals surface area contributed by atoms with E-state index in [1.807, 2.05) is 24.4 Å². The van der Waals surface area contributed by atoms with Crippen LogP contribution in [0.1, 0.15) is 42.0 Å². The van der Waals surface area contributed by atoms with Gasteiger partial charge in [0, 0.05) is 34.3 Å². The van der Waals surface area contributed by atoms with E-state index in [9.17, 15) is 4.79 Å². The van der Waals surface area contributed by atoms with Gasteiger partial charge >= 0.3 is 5.97 Å². The smallest absolute Gasteiger partial charge is 0.354 e. The molecule has 142 valence electrons. The molecule has 0 saturated heterocycles. The molecule has 0 saturated carbocycles. The fraction of sp³-hybridized carbons (Fsp3) is 0.316. The minimum atomic E-state index is -0.446. The van der Waals surface area contributed by atoms with E-state index in [1.54, 1.807) is 6.92 Å². The van der Waals surface area contributed by atoms with Crippen LogP contribution in [0.3, 0.4) is 0 Å². The molecular formula is C19H21N3O4S. The maximum atomic E-state index is 12.1. The number of fused-ring (bicyclic) bond motifs is 1. The van der Waals surface area contributed by atoms with E-state index in [2.05, 4.69) is 28.6 Å². The second-order valence-corrected chi connectivity index (χ2v) is 7.14. The van der Waals surface area contributed by atoms with Gasteiger partial charge in [0.2, 0.25) is 5.88 Å². The summed E-state index contributed by atoms with van der Waals surface area (Å²) in [5.41, 5.74) is 2.67. The molecular weight excluding hydrogens is 366 g/mol. The molecule has 0 radical (unpaired) electrons. The van der Waals surface area contributed by atoms with E-state index in [-0.39, 0.29) is 18.5 Å². The predicted molar refractivity (Wildman–Crippen MR) is 105 cm³/mol. The van der Waals surface area contributed by atoms with Crippen LogP contribution in [0.2, 0.25) is 0 Å². The van der Waals surface area contributed by atoms with Crippen molar-refractivity contribution in [3.05, 3.63) is 34.8 Å². The molecule has 2 heterocycles. The fourth-order valence-corrected chi connectivity index (χ4v) is 3.83. The zero-order valence-corrected chi connectivity index (χ0v) is 16.4. The highest BCUT2D eigenvalue weighted by Crippen LogP contribution is 2.35. The lowest BCUT2D eigenvalue weighted by atomic mass is 10.1. The second kappa shape index (κ2) is 7.79. The van der Waals surface area contributed by atoms with Crippen molar-refractivity contribution < 1.29 is 19.5 Å². The van der Waals surface area contributed by atoms with Crippen molar-refractivity contribution in [2.45, 2.75) is 26.8 Å². The lowest BCUT2D eigenvalue weighted by Crippen LogP contribution is -2.04. The topological polar surface area (TPSA) is 85.9 Å². The number of carbonyl (C=O) groups excluding carboxylic acids is 1. The molecule has 2 aromatic heterocycles. The highest BCUT2D eigenvalue weighted by atomic mass is 32.1. The summed E-state index contributed by atoms with van der Waals surface area (Å²) in [6, 6.07) is 6.18. The number of ether oxygens (including phenoxy) is 2. The van der Waals surface area contributed by atoms with E-state index in [1.165, 1.54) is 24.7 Å². The molecule has 0 aliphatic carbocycles. The highest BCUT2D eigenvalue weighted by molar-refractivity contribution is 7.17. The van der Waals surface area contributed by atoms with Gasteiger partial charge in [-0.15, -0.1) is 11.3 Å². The van der Waals surface area contributed by atoms with Gasteiger partial charge in [-0.3, -0.25) is 0 Å². The average Bonchev–Trinajstić information content (AvgIpc) is 3.24. The maximum absolute atomic E-state index is 12.1. The van der Waals surface area contributed by atoms with Crippen LogP contribution in [0.15, 0.2) is 29.6 Å². The molecule has 27 heavy (non-hydrogen) atoms. The Hall–Kier alpha value is -2.87. The zero-order chi connectivity index (χ0) is 19.6. The Morgan fingerprint density at radius 1 is 1.44 bits per heavy atom. The standard InChI is InChI=1S/C19H21N3O4S/c1-5-26-19(23)16-17(25-4)21-18(27-16)12-6-7-15-14(8-12)13(9-20-24)10-22(15)11(2)3/h6-11,24H,5H2,1-4H3. The molecule has 3 rings (SSSR count). The number of hydrogen-bond acceptors (Lipinski definition) is 7. The maximum Gasteiger partial charge on any atom is 0.354 e. The van der Waals surface area contributed by atoms with Crippen molar-refractivity contribution in [1.82, 2.24) is 9.55 Å². The monoisotopic (exact) mass is 387 g/mol. The predicted octanol–water partition coefficient (Wildman–Crippen LogP) is 4.34. The zero-order valence-electron chi connectivity index (χ0n) is 15.6. The van der Waals surface area contributed by atoms with Gasteiger partial charge in [-0.1, -0.05) is 5.16 Å². The Morgan fingerprint density at radius 2 is 2.22 bits per heavy atom. The minimum absolute atomic E-state index is 0.255. The fourth-order valence-electron chi connectivity index (χ4n) is 2.90. The summed E-state index contributed by atoms with van der Waals surface area (Å²) in [5.74, 6) is -0.191. The number of carbonyl (C=O) groups is 1. The van der Waals surface area contributed by atoms with Gasteiger partial charge in [0.15, 0.2) is 4.88 Å². The van der Waals surface area contributed by atoms with Gasteiger partial charge in [-0.25, -0.2) is 9.78 Å². The molecule has 0 fully saturated rings. The highest BCUT2D eigenvalue weighted by Gasteiger charge is 2.21. The number of hydrogen-bond donors (Lipinski definition) is 1. The first-order chi connectivity index (χ1) is 13.0. The molecule has 0 aliphatic heterocycles. The number of benzene rings is 1. The minimum Gasteiger partial charge on any atom is -0.480 e. The Balaban J connectivity index is 2.12. The molecule has 0 aliphatic rings. The third-order valence-corrected chi connectivity index (χ3v) is 5.18. The number of aromatic nitrogens is 2. The van der Waals surface area contributed by atoms with Crippen molar-refractivity contribution in [3.8, 4) is 16.5 Å². The van der Waals surface area contributed by atoms with Crippen LogP contribution in [0, 0.1) is 0 Å². The molecule has 0 unspecified atom stereocenters. The van der Waals surface area contributed by atoms with Crippen LogP contribution in [0.5, 0.6) is 5.88 Å². The summed E-state index contributed by atoms with van der Waals surface area (Å²) in [4.78, 5) is 16.9. The molecule has 8 heteroatoms. The number of oxime groups is 1. The van der Waals surface area contributed by atoms with Gasteiger partial charge in [-0.2, -0.15) is 0 Å². The van der Waals surface area contributed by atoms with Crippen LogP contribution in [0.25, 0.3) is 21.5 Å².